The van der Waals surface area contributed by atoms with Crippen molar-refractivity contribution in [3.63, 3.8) is 0 Å². The molecule has 4 heteroatoms. The van der Waals surface area contributed by atoms with E-state index in [9.17, 15) is 4.79 Å². The van der Waals surface area contributed by atoms with Gasteiger partial charge in [0.15, 0.2) is 0 Å². The fourth-order valence-corrected chi connectivity index (χ4v) is 2.54. The zero-order valence-corrected chi connectivity index (χ0v) is 11.2. The van der Waals surface area contributed by atoms with Crippen molar-refractivity contribution < 1.29 is 9.53 Å². The second-order valence-electron chi connectivity index (χ2n) is 5.00. The lowest BCUT2D eigenvalue weighted by Crippen LogP contribution is -2.36. The monoisotopic (exact) mass is 251 g/mol. The molecule has 0 N–H and O–H groups in total. The number of amides is 1. The van der Waals surface area contributed by atoms with Gasteiger partial charge in [0.25, 0.3) is 0 Å². The Hall–Kier alpha value is -1.29. The fourth-order valence-electron chi connectivity index (χ4n) is 1.69. The molecular weight excluding hydrogens is 234 g/mol. The molecule has 3 nitrogen and oxygen atoms in total. The van der Waals surface area contributed by atoms with Gasteiger partial charge in [0, 0.05) is 17.8 Å². The van der Waals surface area contributed by atoms with E-state index in [1.165, 1.54) is 4.88 Å². The summed E-state index contributed by atoms with van der Waals surface area (Å²) in [5.41, 5.74) is 0.526. The molecule has 0 atom stereocenters. The SMILES string of the molecule is CC(C)(C)OC(=O)N1CC=CCc2sccc21. The Morgan fingerprint density at radius 1 is 1.41 bits per heavy atom. The summed E-state index contributed by atoms with van der Waals surface area (Å²) in [4.78, 5) is 15.0. The number of rotatable bonds is 0. The summed E-state index contributed by atoms with van der Waals surface area (Å²) >= 11 is 1.68. The lowest BCUT2D eigenvalue weighted by atomic mass is 10.2. The lowest BCUT2D eigenvalue weighted by Gasteiger charge is -2.26. The van der Waals surface area contributed by atoms with Crippen LogP contribution >= 0.6 is 11.3 Å². The zero-order valence-electron chi connectivity index (χ0n) is 10.4. The van der Waals surface area contributed by atoms with Crippen LogP contribution in [-0.4, -0.2) is 18.2 Å². The van der Waals surface area contributed by atoms with Crippen molar-refractivity contribution in [2.45, 2.75) is 32.8 Å². The Kier molecular flexibility index (Phi) is 3.24. The quantitative estimate of drug-likeness (QED) is 0.659. The largest absolute Gasteiger partial charge is 0.443 e. The van der Waals surface area contributed by atoms with Gasteiger partial charge >= 0.3 is 6.09 Å². The van der Waals surface area contributed by atoms with Gasteiger partial charge in [-0.1, -0.05) is 12.2 Å². The summed E-state index contributed by atoms with van der Waals surface area (Å²) in [6.45, 7) is 6.23. The molecule has 1 aliphatic rings. The van der Waals surface area contributed by atoms with Crippen molar-refractivity contribution in [3.8, 4) is 0 Å². The van der Waals surface area contributed by atoms with Crippen LogP contribution in [0, 0.1) is 0 Å². The summed E-state index contributed by atoms with van der Waals surface area (Å²) < 4.78 is 5.42. The Balaban J connectivity index is 2.22. The Labute approximate surface area is 106 Å². The maximum absolute atomic E-state index is 12.1. The molecule has 1 aliphatic heterocycles. The minimum Gasteiger partial charge on any atom is -0.443 e. The molecule has 0 fully saturated rings. The number of thiophene rings is 1. The van der Waals surface area contributed by atoms with E-state index in [4.69, 9.17) is 4.74 Å². The second kappa shape index (κ2) is 4.53. The van der Waals surface area contributed by atoms with Gasteiger partial charge in [0.1, 0.15) is 5.60 Å². The van der Waals surface area contributed by atoms with Crippen LogP contribution in [-0.2, 0) is 11.2 Å². The van der Waals surface area contributed by atoms with Crippen molar-refractivity contribution in [3.05, 3.63) is 28.5 Å². The van der Waals surface area contributed by atoms with Gasteiger partial charge in [-0.3, -0.25) is 4.90 Å². The molecule has 17 heavy (non-hydrogen) atoms. The van der Waals surface area contributed by atoms with E-state index >= 15 is 0 Å². The Morgan fingerprint density at radius 2 is 2.18 bits per heavy atom. The fraction of sp³-hybridized carbons (Fsp3) is 0.462. The molecule has 1 aromatic heterocycles. The van der Waals surface area contributed by atoms with Crippen LogP contribution in [0.3, 0.4) is 0 Å². The molecule has 92 valence electrons. The van der Waals surface area contributed by atoms with Gasteiger partial charge in [-0.15, -0.1) is 11.3 Å². The van der Waals surface area contributed by atoms with Gasteiger partial charge in [-0.2, -0.15) is 0 Å². The van der Waals surface area contributed by atoms with Gasteiger partial charge in [0.05, 0.1) is 5.69 Å². The maximum atomic E-state index is 12.1. The molecule has 0 aliphatic carbocycles. The van der Waals surface area contributed by atoms with E-state index in [0.29, 0.717) is 6.54 Å². The van der Waals surface area contributed by atoms with Crippen molar-refractivity contribution in [1.29, 1.82) is 0 Å². The first-order chi connectivity index (χ1) is 7.97. The van der Waals surface area contributed by atoms with E-state index in [0.717, 1.165) is 12.1 Å². The van der Waals surface area contributed by atoms with E-state index in [1.54, 1.807) is 16.2 Å². The van der Waals surface area contributed by atoms with Crippen LogP contribution in [0.1, 0.15) is 25.6 Å². The van der Waals surface area contributed by atoms with Crippen LogP contribution in [0.5, 0.6) is 0 Å². The molecule has 0 aromatic carbocycles. The molecule has 0 saturated carbocycles. The first-order valence-corrected chi connectivity index (χ1v) is 6.57. The first kappa shape index (κ1) is 12.2. The highest BCUT2D eigenvalue weighted by Crippen LogP contribution is 2.30. The topological polar surface area (TPSA) is 29.5 Å². The van der Waals surface area contributed by atoms with Crippen LogP contribution in [0.4, 0.5) is 10.5 Å². The summed E-state index contributed by atoms with van der Waals surface area (Å²) in [5.74, 6) is 0. The molecule has 1 amide bonds. The van der Waals surface area contributed by atoms with Crippen LogP contribution < -0.4 is 4.90 Å². The van der Waals surface area contributed by atoms with E-state index in [2.05, 4.69) is 6.08 Å². The van der Waals surface area contributed by atoms with Crippen molar-refractivity contribution in [2.24, 2.45) is 0 Å². The highest BCUT2D eigenvalue weighted by atomic mass is 32.1. The normalized spacial score (nSPS) is 15.4. The third-order valence-electron chi connectivity index (χ3n) is 2.38. The standard InChI is InChI=1S/C13H17NO2S/c1-13(2,3)16-12(15)14-8-5-4-6-11-10(14)7-9-17-11/h4-5,7,9H,6,8H2,1-3H3. The number of fused-ring (bicyclic) bond motifs is 1. The predicted octanol–water partition coefficient (Wildman–Crippen LogP) is 3.60. The molecule has 0 spiro atoms. The highest BCUT2D eigenvalue weighted by Gasteiger charge is 2.25. The number of carbonyl (C=O) groups is 1. The van der Waals surface area contributed by atoms with Gasteiger partial charge < -0.3 is 4.74 Å². The number of allylic oxidation sites excluding steroid dienone is 1. The Bertz CT molecular complexity index is 443. The third kappa shape index (κ3) is 2.88. The maximum Gasteiger partial charge on any atom is 0.415 e. The molecule has 0 radical (unpaired) electrons. The van der Waals surface area contributed by atoms with Crippen LogP contribution in [0.25, 0.3) is 0 Å². The number of nitrogens with zero attached hydrogens (tertiary/aromatic N) is 1. The first-order valence-electron chi connectivity index (χ1n) is 5.69. The Morgan fingerprint density at radius 3 is 2.88 bits per heavy atom. The minimum absolute atomic E-state index is 0.274. The predicted molar refractivity (Wildman–Crippen MR) is 70.7 cm³/mol. The van der Waals surface area contributed by atoms with Crippen molar-refractivity contribution in [1.82, 2.24) is 0 Å². The summed E-state index contributed by atoms with van der Waals surface area (Å²) in [5, 5.41) is 2.02. The van der Waals surface area contributed by atoms with Gasteiger partial charge in [0.2, 0.25) is 0 Å². The molecule has 0 saturated heterocycles. The lowest BCUT2D eigenvalue weighted by molar-refractivity contribution is 0.0584. The summed E-state index contributed by atoms with van der Waals surface area (Å²) in [7, 11) is 0. The van der Waals surface area contributed by atoms with Gasteiger partial charge in [-0.05, 0) is 32.2 Å². The zero-order chi connectivity index (χ0) is 12.5. The van der Waals surface area contributed by atoms with E-state index in [-0.39, 0.29) is 6.09 Å². The van der Waals surface area contributed by atoms with Crippen molar-refractivity contribution >= 4 is 23.1 Å². The summed E-state index contributed by atoms with van der Waals surface area (Å²) in [6.07, 6.45) is 4.73. The molecule has 2 rings (SSSR count). The number of anilines is 1. The number of hydrogen-bond donors (Lipinski definition) is 0. The molecule has 1 aromatic rings. The smallest absolute Gasteiger partial charge is 0.415 e. The summed E-state index contributed by atoms with van der Waals surface area (Å²) in [6, 6.07) is 1.98. The van der Waals surface area contributed by atoms with Gasteiger partial charge in [-0.25, -0.2) is 4.79 Å². The third-order valence-corrected chi connectivity index (χ3v) is 3.32. The number of carbonyl (C=O) groups excluding carboxylic acids is 1. The van der Waals surface area contributed by atoms with E-state index < -0.39 is 5.60 Å². The average Bonchev–Trinajstić information content (AvgIpc) is 2.55. The van der Waals surface area contributed by atoms with Crippen LogP contribution in [0.2, 0.25) is 0 Å². The van der Waals surface area contributed by atoms with Crippen molar-refractivity contribution in [2.75, 3.05) is 11.4 Å². The molecule has 0 unspecified atom stereocenters. The van der Waals surface area contributed by atoms with E-state index in [1.807, 2.05) is 38.3 Å². The average molecular weight is 251 g/mol. The minimum atomic E-state index is -0.455. The number of ether oxygens (including phenoxy) is 1. The van der Waals surface area contributed by atoms with Crippen LogP contribution in [0.15, 0.2) is 23.6 Å². The molecule has 0 bridgehead atoms. The second-order valence-corrected chi connectivity index (χ2v) is 6.00. The number of hydrogen-bond acceptors (Lipinski definition) is 3. The molecular formula is C13H17NO2S. The molecule has 2 heterocycles. The highest BCUT2D eigenvalue weighted by molar-refractivity contribution is 7.10.